The number of carboxylic acids is 1. The quantitative estimate of drug-likeness (QED) is 0.288. The lowest BCUT2D eigenvalue weighted by Crippen LogP contribution is -2.35. The Morgan fingerprint density at radius 1 is 0.972 bits per heavy atom. The number of para-hydroxylation sites is 1. The van der Waals surface area contributed by atoms with E-state index < -0.39 is 11.9 Å². The Bertz CT molecular complexity index is 1270. The van der Waals surface area contributed by atoms with Gasteiger partial charge in [-0.2, -0.15) is 0 Å². The second-order valence-electron chi connectivity index (χ2n) is 8.56. The first kappa shape index (κ1) is 25.6. The Balaban J connectivity index is 1.51. The zero-order valence-corrected chi connectivity index (χ0v) is 21.3. The molecule has 0 atom stereocenters. The number of carbonyl (C=O) groups excluding carboxylic acids is 3. The zero-order valence-electron chi connectivity index (χ0n) is 19.7. The van der Waals surface area contributed by atoms with Crippen LogP contribution < -0.4 is 10.2 Å². The lowest BCUT2D eigenvalue weighted by molar-refractivity contribution is -0.137. The van der Waals surface area contributed by atoms with Gasteiger partial charge in [-0.1, -0.05) is 66.3 Å². The van der Waals surface area contributed by atoms with E-state index in [1.807, 2.05) is 19.1 Å². The van der Waals surface area contributed by atoms with Gasteiger partial charge in [-0.3, -0.25) is 29.0 Å². The molecule has 2 aliphatic rings. The number of nitrogens with zero attached hydrogens (tertiary/aromatic N) is 2. The highest BCUT2D eigenvalue weighted by molar-refractivity contribution is 8.26. The number of carbonyl (C=O) groups is 4. The molecule has 4 rings (SSSR count). The van der Waals surface area contributed by atoms with Gasteiger partial charge in [0.2, 0.25) is 5.91 Å². The van der Waals surface area contributed by atoms with Crippen LogP contribution in [0.2, 0.25) is 0 Å². The van der Waals surface area contributed by atoms with Crippen molar-refractivity contribution in [2.24, 2.45) is 0 Å². The first-order valence-corrected chi connectivity index (χ1v) is 12.8. The number of aliphatic carboxylic acids is 1. The predicted molar refractivity (Wildman–Crippen MR) is 144 cm³/mol. The van der Waals surface area contributed by atoms with Gasteiger partial charge < -0.3 is 10.4 Å². The van der Waals surface area contributed by atoms with Gasteiger partial charge in [0.15, 0.2) is 0 Å². The molecule has 0 radical (unpaired) electrons. The average molecular weight is 524 g/mol. The van der Waals surface area contributed by atoms with E-state index in [9.17, 15) is 19.2 Å². The number of carboxylic acid groups (broad SMARTS) is 1. The fourth-order valence-electron chi connectivity index (χ4n) is 4.10. The molecule has 10 heteroatoms. The van der Waals surface area contributed by atoms with E-state index in [1.165, 1.54) is 9.80 Å². The van der Waals surface area contributed by atoms with E-state index >= 15 is 0 Å². The zero-order chi connectivity index (χ0) is 25.8. The van der Waals surface area contributed by atoms with Crippen molar-refractivity contribution in [3.63, 3.8) is 0 Å². The molecule has 0 bridgehead atoms. The minimum Gasteiger partial charge on any atom is -0.481 e. The first-order chi connectivity index (χ1) is 17.3. The molecule has 0 aliphatic carbocycles. The molecule has 0 unspecified atom stereocenters. The summed E-state index contributed by atoms with van der Waals surface area (Å²) >= 11 is 6.50. The van der Waals surface area contributed by atoms with E-state index in [4.69, 9.17) is 17.3 Å². The highest BCUT2D eigenvalue weighted by Crippen LogP contribution is 2.44. The number of rotatable bonds is 9. The van der Waals surface area contributed by atoms with Gasteiger partial charge in [0.1, 0.15) is 10.9 Å². The lowest BCUT2D eigenvalue weighted by atomic mass is 10.1. The Kier molecular flexibility index (Phi) is 7.85. The Morgan fingerprint density at radius 3 is 2.42 bits per heavy atom. The Labute approximate surface area is 218 Å². The molecule has 3 amide bonds. The average Bonchev–Trinajstić information content (AvgIpc) is 3.27. The van der Waals surface area contributed by atoms with Crippen LogP contribution in [0.5, 0.6) is 0 Å². The summed E-state index contributed by atoms with van der Waals surface area (Å²) in [6.45, 7) is 2.12. The largest absolute Gasteiger partial charge is 0.481 e. The Morgan fingerprint density at radius 2 is 1.69 bits per heavy atom. The third-order valence-electron chi connectivity index (χ3n) is 5.91. The number of benzene rings is 2. The predicted octanol–water partition coefficient (Wildman–Crippen LogP) is 4.20. The summed E-state index contributed by atoms with van der Waals surface area (Å²) in [4.78, 5) is 53.3. The molecule has 0 aromatic heterocycles. The highest BCUT2D eigenvalue weighted by atomic mass is 32.2. The van der Waals surface area contributed by atoms with Crippen LogP contribution in [0.3, 0.4) is 0 Å². The topological polar surface area (TPSA) is 107 Å². The van der Waals surface area contributed by atoms with Crippen molar-refractivity contribution in [2.75, 3.05) is 23.3 Å². The van der Waals surface area contributed by atoms with Crippen LogP contribution in [0.4, 0.5) is 11.4 Å². The number of anilines is 2. The van der Waals surface area contributed by atoms with Crippen molar-refractivity contribution in [1.29, 1.82) is 0 Å². The van der Waals surface area contributed by atoms with E-state index in [-0.39, 0.29) is 35.3 Å². The number of hydrogen-bond donors (Lipinski definition) is 2. The van der Waals surface area contributed by atoms with Gasteiger partial charge in [0, 0.05) is 24.2 Å². The molecule has 2 heterocycles. The third kappa shape index (κ3) is 5.50. The summed E-state index contributed by atoms with van der Waals surface area (Å²) in [5, 5.41) is 11.6. The standard InChI is InChI=1S/C26H25N3O5S2/c1-16-10-12-17(13-11-16)27-20(30)15-29-19-8-5-4-7-18(19)22(24(29)33)23-25(34)28(26(35)36-23)14-6-2-3-9-21(31)32/h4-5,7-8,10-13H,2-3,6,9,14-15H2,1H3,(H,27,30)(H,31,32)/b23-22-. The molecule has 36 heavy (non-hydrogen) atoms. The number of fused-ring (bicyclic) bond motifs is 1. The molecule has 0 spiro atoms. The minimum atomic E-state index is -0.846. The van der Waals surface area contributed by atoms with Crippen LogP contribution in [-0.4, -0.2) is 51.1 Å². The van der Waals surface area contributed by atoms with Crippen molar-refractivity contribution < 1.29 is 24.3 Å². The maximum atomic E-state index is 13.5. The van der Waals surface area contributed by atoms with Gasteiger partial charge >= 0.3 is 5.97 Å². The minimum absolute atomic E-state index is 0.0844. The molecular weight excluding hydrogens is 498 g/mol. The van der Waals surface area contributed by atoms with Crippen molar-refractivity contribution in [3.8, 4) is 0 Å². The molecule has 1 saturated heterocycles. The van der Waals surface area contributed by atoms with Crippen molar-refractivity contribution in [3.05, 3.63) is 64.6 Å². The van der Waals surface area contributed by atoms with Crippen LogP contribution in [0.1, 0.15) is 36.8 Å². The van der Waals surface area contributed by atoms with E-state index in [0.29, 0.717) is 47.1 Å². The molecule has 0 saturated carbocycles. The number of amides is 3. The van der Waals surface area contributed by atoms with E-state index in [1.54, 1.807) is 36.4 Å². The van der Waals surface area contributed by atoms with Gasteiger partial charge in [-0.15, -0.1) is 0 Å². The maximum absolute atomic E-state index is 13.5. The normalized spacial score (nSPS) is 17.1. The van der Waals surface area contributed by atoms with Crippen LogP contribution >= 0.6 is 24.0 Å². The molecule has 186 valence electrons. The van der Waals surface area contributed by atoms with Crippen molar-refractivity contribution in [2.45, 2.75) is 32.6 Å². The number of hydrogen-bond acceptors (Lipinski definition) is 6. The van der Waals surface area contributed by atoms with Gasteiger partial charge in [0.05, 0.1) is 16.2 Å². The number of thiocarbonyl (C=S) groups is 1. The number of thioether (sulfide) groups is 1. The monoisotopic (exact) mass is 523 g/mol. The summed E-state index contributed by atoms with van der Waals surface area (Å²) in [5.74, 6) is -1.96. The van der Waals surface area contributed by atoms with Crippen LogP contribution in [0, 0.1) is 6.92 Å². The molecule has 2 N–H and O–H groups in total. The van der Waals surface area contributed by atoms with Gasteiger partial charge in [-0.05, 0) is 38.0 Å². The van der Waals surface area contributed by atoms with Crippen LogP contribution in [0.25, 0.3) is 5.57 Å². The second-order valence-corrected chi connectivity index (χ2v) is 10.2. The third-order valence-corrected chi connectivity index (χ3v) is 7.36. The van der Waals surface area contributed by atoms with Gasteiger partial charge in [0.25, 0.3) is 11.8 Å². The Hall–Kier alpha value is -3.50. The maximum Gasteiger partial charge on any atom is 0.303 e. The number of unbranched alkanes of at least 4 members (excludes halogenated alkanes) is 2. The molecule has 8 nitrogen and oxygen atoms in total. The smallest absolute Gasteiger partial charge is 0.303 e. The highest BCUT2D eigenvalue weighted by Gasteiger charge is 2.42. The summed E-state index contributed by atoms with van der Waals surface area (Å²) in [6.07, 6.45) is 1.87. The molecule has 2 aromatic carbocycles. The molecule has 2 aromatic rings. The van der Waals surface area contributed by atoms with Crippen LogP contribution in [0.15, 0.2) is 53.4 Å². The first-order valence-electron chi connectivity index (χ1n) is 11.5. The number of aryl methyl sites for hydroxylation is 1. The van der Waals surface area contributed by atoms with Crippen molar-refractivity contribution >= 4 is 68.9 Å². The fourth-order valence-corrected chi connectivity index (χ4v) is 5.48. The van der Waals surface area contributed by atoms with Gasteiger partial charge in [-0.25, -0.2) is 0 Å². The number of nitrogens with one attached hydrogen (secondary N) is 1. The SMILES string of the molecule is Cc1ccc(NC(=O)CN2C(=O)/C(=C3\SC(=S)N(CCCCCC(=O)O)C3=O)c3ccccc32)cc1. The molecular formula is C26H25N3O5S2. The van der Waals surface area contributed by atoms with Crippen LogP contribution in [-0.2, 0) is 19.2 Å². The summed E-state index contributed by atoms with van der Waals surface area (Å²) in [7, 11) is 0. The van der Waals surface area contributed by atoms with E-state index in [0.717, 1.165) is 17.3 Å². The van der Waals surface area contributed by atoms with E-state index in [2.05, 4.69) is 5.32 Å². The summed E-state index contributed by atoms with van der Waals surface area (Å²) in [5.41, 5.74) is 3.11. The van der Waals surface area contributed by atoms with Crippen molar-refractivity contribution in [1.82, 2.24) is 4.90 Å². The lowest BCUT2D eigenvalue weighted by Gasteiger charge is -2.17. The molecule has 2 aliphatic heterocycles. The summed E-state index contributed by atoms with van der Waals surface area (Å²) in [6, 6.07) is 14.4. The summed E-state index contributed by atoms with van der Waals surface area (Å²) < 4.78 is 0.363. The fraction of sp³-hybridized carbons (Fsp3) is 0.269. The second kappa shape index (κ2) is 11.0. The molecule has 1 fully saturated rings.